The van der Waals surface area contributed by atoms with Crippen LogP contribution in [0.3, 0.4) is 0 Å². The van der Waals surface area contributed by atoms with Crippen LogP contribution in [-0.4, -0.2) is 0 Å². The maximum absolute atomic E-state index is 2.55. The first-order chi connectivity index (χ1) is 22.8. The lowest BCUT2D eigenvalue weighted by atomic mass is 9.66. The van der Waals surface area contributed by atoms with E-state index in [0.29, 0.717) is 35.5 Å². The van der Waals surface area contributed by atoms with E-state index in [9.17, 15) is 0 Å². The fraction of sp³-hybridized carbons (Fsp3) is 0.174. The molecule has 8 aliphatic rings. The summed E-state index contributed by atoms with van der Waals surface area (Å²) in [5.41, 5.74) is 11.4. The van der Waals surface area contributed by atoms with E-state index in [0.717, 1.165) is 0 Å². The van der Waals surface area contributed by atoms with E-state index >= 15 is 0 Å². The van der Waals surface area contributed by atoms with Gasteiger partial charge in [-0.2, -0.15) is 0 Å². The molecule has 46 heavy (non-hydrogen) atoms. The Bertz CT molecular complexity index is 2170. The van der Waals surface area contributed by atoms with Crippen LogP contribution in [0.1, 0.15) is 11.1 Å². The molecule has 0 saturated heterocycles. The molecule has 220 valence electrons. The molecular formula is C46H36. The number of hydrogen-bond acceptors (Lipinski definition) is 0. The average molecular weight is 589 g/mol. The summed E-state index contributed by atoms with van der Waals surface area (Å²) in [5, 5.41) is 2.75. The minimum atomic E-state index is 0.285. The lowest BCUT2D eigenvalue weighted by Gasteiger charge is -2.37. The highest BCUT2D eigenvalue weighted by Gasteiger charge is 2.48. The number of rotatable bonds is 3. The van der Waals surface area contributed by atoms with Gasteiger partial charge in [-0.25, -0.2) is 0 Å². The van der Waals surface area contributed by atoms with Gasteiger partial charge in [0.05, 0.1) is 0 Å². The van der Waals surface area contributed by atoms with Crippen molar-refractivity contribution in [3.8, 4) is 0 Å². The van der Waals surface area contributed by atoms with Crippen molar-refractivity contribution in [3.63, 3.8) is 0 Å². The summed E-state index contributed by atoms with van der Waals surface area (Å²) in [5.74, 6) is 3.57. The van der Waals surface area contributed by atoms with Crippen LogP contribution in [0.15, 0.2) is 187 Å². The summed E-state index contributed by atoms with van der Waals surface area (Å²) in [4.78, 5) is 0. The summed E-state index contributed by atoms with van der Waals surface area (Å²) in [6, 6.07) is 18.6. The molecule has 0 aliphatic heterocycles. The molecular weight excluding hydrogens is 553 g/mol. The first-order valence-electron chi connectivity index (χ1n) is 17.0. The molecule has 0 aromatic heterocycles. The maximum atomic E-state index is 2.55. The molecule has 10 rings (SSSR count). The van der Waals surface area contributed by atoms with Crippen molar-refractivity contribution in [1.29, 1.82) is 0 Å². The molecule has 8 aliphatic carbocycles. The van der Waals surface area contributed by atoms with Crippen molar-refractivity contribution in [1.82, 2.24) is 0 Å². The van der Waals surface area contributed by atoms with Gasteiger partial charge in [0, 0.05) is 35.5 Å². The highest BCUT2D eigenvalue weighted by atomic mass is 14.5. The topological polar surface area (TPSA) is 0 Å². The van der Waals surface area contributed by atoms with Crippen LogP contribution in [0.2, 0.25) is 0 Å². The van der Waals surface area contributed by atoms with Crippen molar-refractivity contribution in [2.75, 3.05) is 0 Å². The Labute approximate surface area is 271 Å². The fourth-order valence-corrected chi connectivity index (χ4v) is 9.65. The van der Waals surface area contributed by atoms with E-state index in [2.05, 4.69) is 170 Å². The molecule has 0 N–H and O–H groups in total. The Morgan fingerprint density at radius 3 is 1.96 bits per heavy atom. The molecule has 0 amide bonds. The third-order valence-corrected chi connectivity index (χ3v) is 11.7. The summed E-state index contributed by atoms with van der Waals surface area (Å²) in [6.45, 7) is 0. The van der Waals surface area contributed by atoms with Gasteiger partial charge in [0.2, 0.25) is 0 Å². The molecule has 0 radical (unpaired) electrons. The third kappa shape index (κ3) is 3.86. The maximum Gasteiger partial charge on any atom is 0.0137 e. The van der Waals surface area contributed by atoms with Crippen LogP contribution in [0.4, 0.5) is 0 Å². The largest absolute Gasteiger partial charge is 0.0799 e. The van der Waals surface area contributed by atoms with Gasteiger partial charge >= 0.3 is 0 Å². The first-order valence-corrected chi connectivity index (χ1v) is 17.0. The lowest BCUT2D eigenvalue weighted by Crippen LogP contribution is -2.40. The number of fused-ring (bicyclic) bond motifs is 6. The zero-order valence-corrected chi connectivity index (χ0v) is 25.8. The number of hydrogen-bond donors (Lipinski definition) is 0. The van der Waals surface area contributed by atoms with Crippen molar-refractivity contribution < 1.29 is 0 Å². The van der Waals surface area contributed by atoms with Gasteiger partial charge in [-0.1, -0.05) is 176 Å². The molecule has 8 unspecified atom stereocenters. The van der Waals surface area contributed by atoms with E-state index in [1.54, 1.807) is 5.57 Å². The standard InChI is InChI=1S/C46H36/c1-2-11-32-28-33(25-22-29(32)10-1)30-20-23-31(24-21-30)44-37-14-5-7-16-39(37)46(40-17-8-6-15-38(40)44)43-27-26-42-35-13-4-3-12-34(35)36-18-9-19-41(43)45(36)42/h1-29,32,34-35,37,39,42,45H. The SMILES string of the molecule is C1=CC2=C(C3=c4ccccc4=C(c4ccc(C5=CC6C=CC=CC6C=C5)cc4)C4C=CC=CC34)C=CC3C2C(=C1)C1C=CC=CC13. The second-order valence-electron chi connectivity index (χ2n) is 13.9. The molecule has 1 saturated carbocycles. The van der Waals surface area contributed by atoms with Gasteiger partial charge in [0.25, 0.3) is 0 Å². The van der Waals surface area contributed by atoms with Gasteiger partial charge in [-0.3, -0.25) is 0 Å². The predicted molar refractivity (Wildman–Crippen MR) is 191 cm³/mol. The van der Waals surface area contributed by atoms with Crippen LogP contribution in [0.5, 0.6) is 0 Å². The minimum Gasteiger partial charge on any atom is -0.0799 e. The van der Waals surface area contributed by atoms with E-state index in [-0.39, 0.29) is 11.8 Å². The van der Waals surface area contributed by atoms with Crippen molar-refractivity contribution >= 4 is 16.7 Å². The van der Waals surface area contributed by atoms with Crippen molar-refractivity contribution in [2.45, 2.75) is 0 Å². The minimum absolute atomic E-state index is 0.285. The highest BCUT2D eigenvalue weighted by molar-refractivity contribution is 5.85. The molecule has 2 aromatic carbocycles. The zero-order chi connectivity index (χ0) is 30.2. The summed E-state index contributed by atoms with van der Waals surface area (Å²) in [6.07, 6.45) is 47.0. The monoisotopic (exact) mass is 588 g/mol. The Morgan fingerprint density at radius 1 is 0.457 bits per heavy atom. The van der Waals surface area contributed by atoms with Gasteiger partial charge in [0.15, 0.2) is 0 Å². The summed E-state index contributed by atoms with van der Waals surface area (Å²) in [7, 11) is 0. The van der Waals surface area contributed by atoms with Gasteiger partial charge in [-0.15, -0.1) is 0 Å². The second kappa shape index (κ2) is 10.3. The first kappa shape index (κ1) is 26.3. The van der Waals surface area contributed by atoms with E-state index in [4.69, 9.17) is 0 Å². The van der Waals surface area contributed by atoms with Crippen LogP contribution in [0.25, 0.3) is 16.7 Å². The second-order valence-corrected chi connectivity index (χ2v) is 13.9. The van der Waals surface area contributed by atoms with Crippen LogP contribution in [0, 0.1) is 47.3 Å². The van der Waals surface area contributed by atoms with E-state index < -0.39 is 0 Å². The quantitative estimate of drug-likeness (QED) is 0.337. The molecule has 0 heteroatoms. The fourth-order valence-electron chi connectivity index (χ4n) is 9.65. The van der Waals surface area contributed by atoms with E-state index in [1.807, 2.05) is 0 Å². The van der Waals surface area contributed by atoms with Gasteiger partial charge in [-0.05, 0) is 61.3 Å². The third-order valence-electron chi connectivity index (χ3n) is 11.7. The molecule has 0 nitrogen and oxygen atoms in total. The van der Waals surface area contributed by atoms with Gasteiger partial charge in [0.1, 0.15) is 0 Å². The molecule has 0 spiro atoms. The zero-order valence-electron chi connectivity index (χ0n) is 25.8. The normalized spacial score (nSPS) is 33.4. The Kier molecular flexibility index (Phi) is 5.88. The molecule has 2 aromatic rings. The average Bonchev–Trinajstić information content (AvgIpc) is 3.46. The molecule has 1 fully saturated rings. The highest BCUT2D eigenvalue weighted by Crippen LogP contribution is 2.57. The Morgan fingerprint density at radius 2 is 1.13 bits per heavy atom. The van der Waals surface area contributed by atoms with Crippen molar-refractivity contribution in [3.05, 3.63) is 208 Å². The summed E-state index contributed by atoms with van der Waals surface area (Å²) >= 11 is 0. The number of allylic oxidation sites excluding steroid dienone is 24. The van der Waals surface area contributed by atoms with Crippen LogP contribution in [-0.2, 0) is 0 Å². The predicted octanol–water partition coefficient (Wildman–Crippen LogP) is 8.69. The van der Waals surface area contributed by atoms with E-state index in [1.165, 1.54) is 49.4 Å². The molecule has 0 bridgehead atoms. The molecule has 0 heterocycles. The Balaban J connectivity index is 1.13. The number of benzene rings is 2. The smallest absolute Gasteiger partial charge is 0.0137 e. The lowest BCUT2D eigenvalue weighted by molar-refractivity contribution is 0.453. The molecule has 8 atom stereocenters. The van der Waals surface area contributed by atoms with Crippen LogP contribution >= 0.6 is 0 Å². The Hall–Kier alpha value is -4.94. The van der Waals surface area contributed by atoms with Crippen molar-refractivity contribution in [2.24, 2.45) is 47.3 Å². The summed E-state index contributed by atoms with van der Waals surface area (Å²) < 4.78 is 0. The van der Waals surface area contributed by atoms with Crippen LogP contribution < -0.4 is 10.4 Å². The van der Waals surface area contributed by atoms with Gasteiger partial charge < -0.3 is 0 Å².